The van der Waals surface area contributed by atoms with Gasteiger partial charge in [0.25, 0.3) is 5.24 Å². The van der Waals surface area contributed by atoms with Gasteiger partial charge in [-0.15, -0.1) is 0 Å². The first-order chi connectivity index (χ1) is 13.1. The lowest BCUT2D eigenvalue weighted by molar-refractivity contribution is -0.137. The van der Waals surface area contributed by atoms with Gasteiger partial charge >= 0.3 is 6.18 Å². The zero-order valence-electron chi connectivity index (χ0n) is 14.9. The number of nitrogens with one attached hydrogen (secondary N) is 1. The topological polar surface area (TPSA) is 49.4 Å². The normalized spacial score (nSPS) is 11.5. The van der Waals surface area contributed by atoms with Crippen molar-refractivity contribution in [3.8, 4) is 0 Å². The van der Waals surface area contributed by atoms with Crippen molar-refractivity contribution in [2.24, 2.45) is 0 Å². The number of thioether (sulfide) groups is 1. The standard InChI is InChI=1S/C19H16ClF3N2O2S/c1-25(2)18(27)28-14-5-3-4-13(11-14)24-17(26)9-7-12-6-8-16(20)15(10-12)19(21,22)23/h3-11H,1-2H3,(H,24,26)/b9-7+. The molecule has 28 heavy (non-hydrogen) atoms. The number of carbonyl (C=O) groups is 2. The van der Waals surface area contributed by atoms with E-state index in [-0.39, 0.29) is 10.8 Å². The van der Waals surface area contributed by atoms with Crippen molar-refractivity contribution < 1.29 is 22.8 Å². The number of halogens is 4. The van der Waals surface area contributed by atoms with Gasteiger partial charge in [-0.3, -0.25) is 9.59 Å². The molecule has 0 atom stereocenters. The molecule has 2 aromatic carbocycles. The molecule has 0 bridgehead atoms. The van der Waals surface area contributed by atoms with Gasteiger partial charge in [0, 0.05) is 30.8 Å². The Bertz CT molecular complexity index is 914. The van der Waals surface area contributed by atoms with Crippen LogP contribution in [0.15, 0.2) is 53.4 Å². The molecule has 9 heteroatoms. The molecule has 0 unspecified atom stereocenters. The first-order valence-electron chi connectivity index (χ1n) is 7.91. The minimum Gasteiger partial charge on any atom is -0.339 e. The predicted molar refractivity (Wildman–Crippen MR) is 105 cm³/mol. The van der Waals surface area contributed by atoms with Crippen LogP contribution in [-0.4, -0.2) is 30.1 Å². The van der Waals surface area contributed by atoms with Gasteiger partial charge in [-0.05, 0) is 53.7 Å². The minimum atomic E-state index is -4.58. The molecule has 148 valence electrons. The van der Waals surface area contributed by atoms with E-state index in [1.165, 1.54) is 17.0 Å². The van der Waals surface area contributed by atoms with Crippen LogP contribution in [0.25, 0.3) is 6.08 Å². The van der Waals surface area contributed by atoms with Crippen LogP contribution in [0.3, 0.4) is 0 Å². The summed E-state index contributed by atoms with van der Waals surface area (Å²) in [5.41, 5.74) is -0.321. The van der Waals surface area contributed by atoms with E-state index in [4.69, 9.17) is 11.6 Å². The van der Waals surface area contributed by atoms with Crippen LogP contribution >= 0.6 is 23.4 Å². The molecule has 0 heterocycles. The first kappa shape index (κ1) is 21.8. The number of alkyl halides is 3. The quantitative estimate of drug-likeness (QED) is 0.495. The highest BCUT2D eigenvalue weighted by Crippen LogP contribution is 2.35. The Morgan fingerprint density at radius 3 is 2.50 bits per heavy atom. The van der Waals surface area contributed by atoms with E-state index in [9.17, 15) is 22.8 Å². The maximum Gasteiger partial charge on any atom is 0.417 e. The van der Waals surface area contributed by atoms with Crippen molar-refractivity contribution in [1.29, 1.82) is 0 Å². The van der Waals surface area contributed by atoms with Gasteiger partial charge in [-0.1, -0.05) is 23.7 Å². The lowest BCUT2D eigenvalue weighted by atomic mass is 10.1. The van der Waals surface area contributed by atoms with Gasteiger partial charge in [-0.2, -0.15) is 13.2 Å². The molecule has 1 N–H and O–H groups in total. The van der Waals surface area contributed by atoms with Gasteiger partial charge < -0.3 is 10.2 Å². The molecule has 2 aromatic rings. The molecular formula is C19H16ClF3N2O2S. The van der Waals surface area contributed by atoms with Crippen LogP contribution in [-0.2, 0) is 11.0 Å². The third-order valence-corrected chi connectivity index (χ3v) is 4.75. The highest BCUT2D eigenvalue weighted by atomic mass is 35.5. The zero-order valence-corrected chi connectivity index (χ0v) is 16.5. The summed E-state index contributed by atoms with van der Waals surface area (Å²) in [6, 6.07) is 10.1. The fourth-order valence-corrected chi connectivity index (χ4v) is 2.99. The van der Waals surface area contributed by atoms with Gasteiger partial charge in [0.2, 0.25) is 5.91 Å². The highest BCUT2D eigenvalue weighted by molar-refractivity contribution is 8.13. The molecule has 0 aliphatic carbocycles. The highest BCUT2D eigenvalue weighted by Gasteiger charge is 2.33. The van der Waals surface area contributed by atoms with Crippen molar-refractivity contribution in [3.63, 3.8) is 0 Å². The average Bonchev–Trinajstić information content (AvgIpc) is 2.60. The predicted octanol–water partition coefficient (Wildman–Crippen LogP) is 5.78. The summed E-state index contributed by atoms with van der Waals surface area (Å²) in [4.78, 5) is 25.9. The Morgan fingerprint density at radius 2 is 1.86 bits per heavy atom. The SMILES string of the molecule is CN(C)C(=O)Sc1cccc(NC(=O)/C=C/c2ccc(Cl)c(C(F)(F)F)c2)c1. The van der Waals surface area contributed by atoms with E-state index in [1.54, 1.807) is 38.4 Å². The Hall–Kier alpha value is -2.45. The minimum absolute atomic E-state index is 0.161. The number of carbonyl (C=O) groups excluding carboxylic acids is 2. The van der Waals surface area contributed by atoms with Crippen LogP contribution in [0.1, 0.15) is 11.1 Å². The average molecular weight is 429 g/mol. The van der Waals surface area contributed by atoms with E-state index in [0.717, 1.165) is 30.0 Å². The Balaban J connectivity index is 2.07. The number of hydrogen-bond acceptors (Lipinski definition) is 3. The molecule has 0 aromatic heterocycles. The van der Waals surface area contributed by atoms with Crippen molar-refractivity contribution in [2.45, 2.75) is 11.1 Å². The number of amides is 2. The second-order valence-electron chi connectivity index (χ2n) is 5.85. The third-order valence-electron chi connectivity index (χ3n) is 3.39. The molecule has 0 saturated heterocycles. The van der Waals surface area contributed by atoms with Crippen LogP contribution in [0.5, 0.6) is 0 Å². The Kier molecular flexibility index (Phi) is 7.15. The lowest BCUT2D eigenvalue weighted by Crippen LogP contribution is -2.16. The zero-order chi connectivity index (χ0) is 20.9. The van der Waals surface area contributed by atoms with Gasteiger partial charge in [0.15, 0.2) is 0 Å². The van der Waals surface area contributed by atoms with Gasteiger partial charge in [0.1, 0.15) is 0 Å². The molecule has 0 saturated carbocycles. The van der Waals surface area contributed by atoms with E-state index >= 15 is 0 Å². The number of rotatable bonds is 4. The number of benzene rings is 2. The monoisotopic (exact) mass is 428 g/mol. The van der Waals surface area contributed by atoms with Crippen LogP contribution in [0, 0.1) is 0 Å². The summed E-state index contributed by atoms with van der Waals surface area (Å²) in [6.45, 7) is 0. The van der Waals surface area contributed by atoms with Crippen molar-refractivity contribution in [2.75, 3.05) is 19.4 Å². The molecule has 0 fully saturated rings. The van der Waals surface area contributed by atoms with E-state index in [2.05, 4.69) is 5.32 Å². The Labute approximate surface area is 169 Å². The molecular weight excluding hydrogens is 413 g/mol. The summed E-state index contributed by atoms with van der Waals surface area (Å²) in [5, 5.41) is 2.03. The summed E-state index contributed by atoms with van der Waals surface area (Å²) >= 11 is 6.58. The molecule has 0 spiro atoms. The molecule has 4 nitrogen and oxygen atoms in total. The molecule has 2 amide bonds. The molecule has 0 aliphatic rings. The van der Waals surface area contributed by atoms with E-state index in [1.807, 2.05) is 0 Å². The molecule has 0 radical (unpaired) electrons. The van der Waals surface area contributed by atoms with Crippen LogP contribution in [0.4, 0.5) is 23.7 Å². The summed E-state index contributed by atoms with van der Waals surface area (Å²) in [7, 11) is 3.26. The molecule has 2 rings (SSSR count). The molecule has 0 aliphatic heterocycles. The second kappa shape index (κ2) is 9.16. The lowest BCUT2D eigenvalue weighted by Gasteiger charge is -2.10. The van der Waals surface area contributed by atoms with Crippen molar-refractivity contribution >= 4 is 46.3 Å². The van der Waals surface area contributed by atoms with Crippen molar-refractivity contribution in [1.82, 2.24) is 4.90 Å². The maximum absolute atomic E-state index is 12.9. The third kappa shape index (κ3) is 6.31. The fraction of sp³-hybridized carbons (Fsp3) is 0.158. The smallest absolute Gasteiger partial charge is 0.339 e. The largest absolute Gasteiger partial charge is 0.417 e. The first-order valence-corrected chi connectivity index (χ1v) is 9.11. The summed E-state index contributed by atoms with van der Waals surface area (Å²) in [6.07, 6.45) is -2.20. The van der Waals surface area contributed by atoms with Gasteiger partial charge in [0.05, 0.1) is 10.6 Å². The van der Waals surface area contributed by atoms with E-state index in [0.29, 0.717) is 10.6 Å². The van der Waals surface area contributed by atoms with Gasteiger partial charge in [-0.25, -0.2) is 0 Å². The summed E-state index contributed by atoms with van der Waals surface area (Å²) < 4.78 is 38.6. The number of hydrogen-bond donors (Lipinski definition) is 1. The fourth-order valence-electron chi connectivity index (χ4n) is 2.05. The second-order valence-corrected chi connectivity index (χ2v) is 7.28. The number of nitrogens with zero attached hydrogens (tertiary/aromatic N) is 1. The van der Waals surface area contributed by atoms with Crippen LogP contribution < -0.4 is 5.32 Å². The van der Waals surface area contributed by atoms with Crippen molar-refractivity contribution in [3.05, 3.63) is 64.7 Å². The van der Waals surface area contributed by atoms with E-state index < -0.39 is 22.7 Å². The van der Waals surface area contributed by atoms with Crippen LogP contribution in [0.2, 0.25) is 5.02 Å². The summed E-state index contributed by atoms with van der Waals surface area (Å²) in [5.74, 6) is -0.524. The number of anilines is 1. The maximum atomic E-state index is 12.9. The Morgan fingerprint density at radius 1 is 1.14 bits per heavy atom.